The molecule has 68 valence electrons. The van der Waals surface area contributed by atoms with Gasteiger partial charge in [0.25, 0.3) is 0 Å². The fourth-order valence-corrected chi connectivity index (χ4v) is 6.23. The van der Waals surface area contributed by atoms with Crippen LogP contribution in [0.5, 0.6) is 0 Å². The molecular weight excluding hydrogens is 164 g/mol. The van der Waals surface area contributed by atoms with E-state index in [1.54, 1.807) is 7.11 Å². The first-order valence-electron chi connectivity index (χ1n) is 5.42. The molecule has 8 atom stereocenters. The Morgan fingerprint density at radius 3 is 2.23 bits per heavy atom. The zero-order valence-electron chi connectivity index (χ0n) is 7.57. The summed E-state index contributed by atoms with van der Waals surface area (Å²) in [6, 6.07) is 0. The standard InChI is InChI=1S/C11H12O2/c1-13-10(12)11-7-3-2-4(8(7)11)6-5(3)9(6)11/h3-9H,2H2,1H3/t3-,4-,5-,6-,7-,8+,9?,11?/m1/s1. The molecule has 6 fully saturated rings. The molecule has 2 unspecified atom stereocenters. The fraction of sp³-hybridized carbons (Fsp3) is 0.909. The topological polar surface area (TPSA) is 26.3 Å². The van der Waals surface area contributed by atoms with Crippen molar-refractivity contribution < 1.29 is 9.53 Å². The Bertz CT molecular complexity index is 334. The molecule has 6 aliphatic carbocycles. The van der Waals surface area contributed by atoms with Gasteiger partial charge >= 0.3 is 5.97 Å². The Hall–Kier alpha value is -0.530. The van der Waals surface area contributed by atoms with Gasteiger partial charge in [0, 0.05) is 0 Å². The summed E-state index contributed by atoms with van der Waals surface area (Å²) >= 11 is 0. The second kappa shape index (κ2) is 1.27. The van der Waals surface area contributed by atoms with Crippen LogP contribution in [0.1, 0.15) is 6.42 Å². The second-order valence-corrected chi connectivity index (χ2v) is 5.72. The van der Waals surface area contributed by atoms with Gasteiger partial charge in [-0.2, -0.15) is 0 Å². The maximum atomic E-state index is 11.8. The van der Waals surface area contributed by atoms with E-state index >= 15 is 0 Å². The molecule has 6 rings (SSSR count). The zero-order valence-corrected chi connectivity index (χ0v) is 7.57. The predicted octanol–water partition coefficient (Wildman–Crippen LogP) is 0.917. The summed E-state index contributed by atoms with van der Waals surface area (Å²) in [4.78, 5) is 11.8. The van der Waals surface area contributed by atoms with E-state index in [0.29, 0.717) is 0 Å². The van der Waals surface area contributed by atoms with Crippen LogP contribution in [-0.4, -0.2) is 13.1 Å². The van der Waals surface area contributed by atoms with Gasteiger partial charge in [-0.25, -0.2) is 0 Å². The molecular formula is C11H12O2. The highest BCUT2D eigenvalue weighted by Crippen LogP contribution is 3.00. The van der Waals surface area contributed by atoms with Gasteiger partial charge in [-0.05, 0) is 47.8 Å². The molecule has 0 amide bonds. The predicted molar refractivity (Wildman–Crippen MR) is 43.5 cm³/mol. The quantitative estimate of drug-likeness (QED) is 0.555. The molecule has 2 nitrogen and oxygen atoms in total. The molecule has 2 bridgehead atoms. The van der Waals surface area contributed by atoms with Crippen molar-refractivity contribution >= 4 is 5.97 Å². The fourth-order valence-electron chi connectivity index (χ4n) is 6.23. The lowest BCUT2D eigenvalue weighted by atomic mass is 9.98. The molecule has 0 N–H and O–H groups in total. The summed E-state index contributed by atoms with van der Waals surface area (Å²) in [5.41, 5.74) is 0.0949. The van der Waals surface area contributed by atoms with Crippen molar-refractivity contribution in [3.63, 3.8) is 0 Å². The van der Waals surface area contributed by atoms with Gasteiger partial charge in [-0.15, -0.1) is 0 Å². The number of hydrogen-bond donors (Lipinski definition) is 0. The maximum Gasteiger partial charge on any atom is 0.312 e. The normalized spacial score (nSPS) is 77.2. The Morgan fingerprint density at radius 1 is 1.23 bits per heavy atom. The summed E-state index contributed by atoms with van der Waals surface area (Å²) in [6.45, 7) is 0. The highest BCUT2D eigenvalue weighted by molar-refractivity contribution is 5.86. The lowest BCUT2D eigenvalue weighted by Crippen LogP contribution is -2.21. The van der Waals surface area contributed by atoms with Crippen molar-refractivity contribution in [2.75, 3.05) is 7.11 Å². The molecule has 0 heterocycles. The first kappa shape index (κ1) is 6.05. The van der Waals surface area contributed by atoms with E-state index in [1.165, 1.54) is 6.42 Å². The third-order valence-corrected chi connectivity index (χ3v) is 6.06. The molecule has 6 aliphatic rings. The summed E-state index contributed by atoms with van der Waals surface area (Å²) in [6.07, 6.45) is 1.46. The van der Waals surface area contributed by atoms with Crippen LogP contribution >= 0.6 is 0 Å². The third-order valence-electron chi connectivity index (χ3n) is 6.06. The number of carbonyl (C=O) groups is 1. The van der Waals surface area contributed by atoms with E-state index in [1.807, 2.05) is 0 Å². The SMILES string of the molecule is COC(=O)C12C3[C@@H]4[C@H]5C[C@H]([C@@H]34)[C@H]1[C@@H]52. The number of esters is 1. The van der Waals surface area contributed by atoms with Gasteiger partial charge in [0.15, 0.2) is 0 Å². The molecule has 0 saturated heterocycles. The minimum absolute atomic E-state index is 0.0949. The van der Waals surface area contributed by atoms with E-state index in [9.17, 15) is 4.79 Å². The summed E-state index contributed by atoms with van der Waals surface area (Å²) in [5.74, 6) is 6.34. The number of ether oxygens (including phenoxy) is 1. The number of methoxy groups -OCH3 is 1. The Morgan fingerprint density at radius 2 is 1.85 bits per heavy atom. The Balaban J connectivity index is 1.74. The largest absolute Gasteiger partial charge is 0.469 e. The van der Waals surface area contributed by atoms with Crippen LogP contribution in [0.3, 0.4) is 0 Å². The molecule has 0 aliphatic heterocycles. The van der Waals surface area contributed by atoms with Crippen LogP contribution in [0, 0.1) is 46.8 Å². The molecule has 0 radical (unpaired) electrons. The Kier molecular flexibility index (Phi) is 0.591. The van der Waals surface area contributed by atoms with Crippen molar-refractivity contribution in [3.05, 3.63) is 0 Å². The van der Waals surface area contributed by atoms with E-state index < -0.39 is 0 Å². The number of carbonyl (C=O) groups excluding carboxylic acids is 1. The van der Waals surface area contributed by atoms with Crippen LogP contribution < -0.4 is 0 Å². The second-order valence-electron chi connectivity index (χ2n) is 5.72. The van der Waals surface area contributed by atoms with Crippen molar-refractivity contribution in [1.82, 2.24) is 0 Å². The lowest BCUT2D eigenvalue weighted by molar-refractivity contribution is -0.148. The number of hydrogen-bond acceptors (Lipinski definition) is 2. The molecule has 0 aromatic heterocycles. The number of rotatable bonds is 1. The average molecular weight is 176 g/mol. The maximum absolute atomic E-state index is 11.8. The third kappa shape index (κ3) is 0.311. The van der Waals surface area contributed by atoms with Gasteiger partial charge in [0.2, 0.25) is 0 Å². The van der Waals surface area contributed by atoms with Crippen molar-refractivity contribution in [3.8, 4) is 0 Å². The first-order chi connectivity index (χ1) is 6.33. The zero-order chi connectivity index (χ0) is 8.53. The van der Waals surface area contributed by atoms with Crippen LogP contribution in [0.4, 0.5) is 0 Å². The van der Waals surface area contributed by atoms with E-state index in [-0.39, 0.29) is 11.4 Å². The van der Waals surface area contributed by atoms with Crippen LogP contribution in [0.15, 0.2) is 0 Å². The minimum atomic E-state index is 0.0949. The first-order valence-corrected chi connectivity index (χ1v) is 5.42. The van der Waals surface area contributed by atoms with E-state index in [0.717, 1.165) is 41.4 Å². The molecule has 6 saturated carbocycles. The summed E-state index contributed by atoms with van der Waals surface area (Å²) in [7, 11) is 1.56. The smallest absolute Gasteiger partial charge is 0.312 e. The Labute approximate surface area is 76.6 Å². The molecule has 2 heteroatoms. The molecule has 0 spiro atoms. The van der Waals surface area contributed by atoms with Crippen LogP contribution in [0.25, 0.3) is 0 Å². The van der Waals surface area contributed by atoms with Crippen LogP contribution in [-0.2, 0) is 9.53 Å². The highest BCUT2D eigenvalue weighted by atomic mass is 16.5. The average Bonchev–Trinajstić information content (AvgIpc) is 2.92. The summed E-state index contributed by atoms with van der Waals surface area (Å²) in [5, 5.41) is 0. The van der Waals surface area contributed by atoms with E-state index in [2.05, 4.69) is 0 Å². The molecule has 0 aromatic rings. The van der Waals surface area contributed by atoms with Gasteiger partial charge in [0.05, 0.1) is 12.5 Å². The van der Waals surface area contributed by atoms with Crippen molar-refractivity contribution in [2.24, 2.45) is 46.8 Å². The lowest BCUT2D eigenvalue weighted by Gasteiger charge is -2.10. The van der Waals surface area contributed by atoms with Crippen LogP contribution in [0.2, 0.25) is 0 Å². The van der Waals surface area contributed by atoms with Gasteiger partial charge < -0.3 is 4.74 Å². The highest BCUT2D eigenvalue weighted by Gasteiger charge is 3.00. The monoisotopic (exact) mass is 176 g/mol. The van der Waals surface area contributed by atoms with Gasteiger partial charge in [-0.1, -0.05) is 0 Å². The molecule has 13 heavy (non-hydrogen) atoms. The van der Waals surface area contributed by atoms with E-state index in [4.69, 9.17) is 4.74 Å². The van der Waals surface area contributed by atoms with Crippen molar-refractivity contribution in [1.29, 1.82) is 0 Å². The van der Waals surface area contributed by atoms with Gasteiger partial charge in [-0.3, -0.25) is 4.79 Å². The summed E-state index contributed by atoms with van der Waals surface area (Å²) < 4.78 is 5.00. The van der Waals surface area contributed by atoms with Crippen molar-refractivity contribution in [2.45, 2.75) is 6.42 Å². The molecule has 0 aromatic carbocycles. The van der Waals surface area contributed by atoms with Gasteiger partial charge in [0.1, 0.15) is 0 Å². The minimum Gasteiger partial charge on any atom is -0.469 e.